The lowest BCUT2D eigenvalue weighted by Gasteiger charge is -2.33. The minimum absolute atomic E-state index is 0.0700. The van der Waals surface area contributed by atoms with Crippen LogP contribution in [0.1, 0.15) is 28.8 Å². The van der Waals surface area contributed by atoms with Gasteiger partial charge in [0.05, 0.1) is 5.92 Å². The Hall–Kier alpha value is -2.48. The van der Waals surface area contributed by atoms with Gasteiger partial charge in [0.1, 0.15) is 5.82 Å². The van der Waals surface area contributed by atoms with E-state index in [4.69, 9.17) is 0 Å². The largest absolute Gasteiger partial charge is 0.331 e. The Morgan fingerprint density at radius 2 is 2.18 bits per heavy atom. The van der Waals surface area contributed by atoms with Gasteiger partial charge >= 0.3 is 6.03 Å². The standard InChI is InChI=1S/C20H25FN4O2S/c1-13-6-7-14(10-17(13)21)9-16-11-22-19(28-16)23-18(26)15-5-4-8-25(12-15)20(27)24(2)3/h6-7,10-11,15H,4-5,8-9,12H2,1-3H3,(H,22,23,26). The topological polar surface area (TPSA) is 65.5 Å². The number of amides is 3. The summed E-state index contributed by atoms with van der Waals surface area (Å²) in [5.41, 5.74) is 1.49. The van der Waals surface area contributed by atoms with Gasteiger partial charge in [0.2, 0.25) is 5.91 Å². The second kappa shape index (κ2) is 8.68. The molecule has 2 heterocycles. The number of urea groups is 1. The third kappa shape index (κ3) is 4.86. The molecular formula is C20H25FN4O2S. The van der Waals surface area contributed by atoms with Crippen LogP contribution in [0.25, 0.3) is 0 Å². The number of benzene rings is 1. The Balaban J connectivity index is 1.59. The molecule has 1 atom stereocenters. The normalized spacial score (nSPS) is 16.7. The molecule has 0 aliphatic carbocycles. The number of nitrogens with one attached hydrogen (secondary N) is 1. The highest BCUT2D eigenvalue weighted by atomic mass is 32.1. The van der Waals surface area contributed by atoms with E-state index in [9.17, 15) is 14.0 Å². The molecule has 0 radical (unpaired) electrons. The molecule has 1 fully saturated rings. The minimum atomic E-state index is -0.240. The van der Waals surface area contributed by atoms with Crippen LogP contribution < -0.4 is 5.32 Å². The maximum absolute atomic E-state index is 13.7. The van der Waals surface area contributed by atoms with Crippen molar-refractivity contribution < 1.29 is 14.0 Å². The highest BCUT2D eigenvalue weighted by Gasteiger charge is 2.29. The number of likely N-dealkylation sites (tertiary alicyclic amines) is 1. The zero-order chi connectivity index (χ0) is 20.3. The summed E-state index contributed by atoms with van der Waals surface area (Å²) in [5, 5.41) is 3.40. The Bertz CT molecular complexity index is 868. The summed E-state index contributed by atoms with van der Waals surface area (Å²) >= 11 is 1.39. The molecule has 150 valence electrons. The van der Waals surface area contributed by atoms with E-state index in [1.807, 2.05) is 6.07 Å². The first-order valence-electron chi connectivity index (χ1n) is 9.30. The summed E-state index contributed by atoms with van der Waals surface area (Å²) in [6.45, 7) is 2.83. The zero-order valence-corrected chi connectivity index (χ0v) is 17.2. The van der Waals surface area contributed by atoms with E-state index in [-0.39, 0.29) is 23.7 Å². The molecule has 2 aromatic rings. The first kappa shape index (κ1) is 20.3. The molecule has 1 aliphatic rings. The fourth-order valence-corrected chi connectivity index (χ4v) is 4.10. The van der Waals surface area contributed by atoms with Crippen LogP contribution in [0.4, 0.5) is 14.3 Å². The quantitative estimate of drug-likeness (QED) is 0.848. The fraction of sp³-hybridized carbons (Fsp3) is 0.450. The highest BCUT2D eigenvalue weighted by Crippen LogP contribution is 2.24. The van der Waals surface area contributed by atoms with Crippen LogP contribution in [0.15, 0.2) is 24.4 Å². The summed E-state index contributed by atoms with van der Waals surface area (Å²) < 4.78 is 13.7. The van der Waals surface area contributed by atoms with Gasteiger partial charge in [-0.25, -0.2) is 14.2 Å². The van der Waals surface area contributed by atoms with Crippen molar-refractivity contribution in [3.63, 3.8) is 0 Å². The smallest absolute Gasteiger partial charge is 0.319 e. The third-order valence-corrected chi connectivity index (χ3v) is 5.76. The first-order chi connectivity index (χ1) is 13.3. The van der Waals surface area contributed by atoms with E-state index in [1.165, 1.54) is 22.3 Å². The van der Waals surface area contributed by atoms with E-state index >= 15 is 0 Å². The SMILES string of the molecule is Cc1ccc(Cc2cnc(NC(=O)C3CCCN(C(=O)N(C)C)C3)s2)cc1F. The number of hydrogen-bond donors (Lipinski definition) is 1. The summed E-state index contributed by atoms with van der Waals surface area (Å²) in [7, 11) is 3.42. The van der Waals surface area contributed by atoms with Gasteiger partial charge in [0.15, 0.2) is 5.13 Å². The average molecular weight is 405 g/mol. The van der Waals surface area contributed by atoms with E-state index in [1.54, 1.807) is 38.2 Å². The Kier molecular flexibility index (Phi) is 6.28. The van der Waals surface area contributed by atoms with Crippen molar-refractivity contribution in [1.82, 2.24) is 14.8 Å². The predicted molar refractivity (Wildman–Crippen MR) is 108 cm³/mol. The molecule has 3 rings (SSSR count). The summed E-state index contributed by atoms with van der Waals surface area (Å²) in [6, 6.07) is 5.12. The predicted octanol–water partition coefficient (Wildman–Crippen LogP) is 3.51. The van der Waals surface area contributed by atoms with Crippen molar-refractivity contribution in [3.8, 4) is 0 Å². The van der Waals surface area contributed by atoms with Crippen LogP contribution >= 0.6 is 11.3 Å². The lowest BCUT2D eigenvalue weighted by Crippen LogP contribution is -2.47. The average Bonchev–Trinajstić information content (AvgIpc) is 3.11. The third-order valence-electron chi connectivity index (χ3n) is 4.84. The molecule has 8 heteroatoms. The number of hydrogen-bond acceptors (Lipinski definition) is 4. The van der Waals surface area contributed by atoms with Crippen LogP contribution in [-0.2, 0) is 11.2 Å². The van der Waals surface area contributed by atoms with Gasteiger partial charge in [0.25, 0.3) is 0 Å². The molecule has 1 saturated heterocycles. The molecule has 1 N–H and O–H groups in total. The minimum Gasteiger partial charge on any atom is -0.331 e. The van der Waals surface area contributed by atoms with E-state index in [0.29, 0.717) is 30.2 Å². The number of nitrogens with zero attached hydrogens (tertiary/aromatic N) is 3. The van der Waals surface area contributed by atoms with E-state index in [0.717, 1.165) is 23.3 Å². The maximum atomic E-state index is 13.7. The van der Waals surface area contributed by atoms with Crippen molar-refractivity contribution in [2.75, 3.05) is 32.5 Å². The Labute approximate surface area is 168 Å². The molecule has 1 unspecified atom stereocenters. The van der Waals surface area contributed by atoms with Gasteiger partial charge in [0, 0.05) is 44.7 Å². The van der Waals surface area contributed by atoms with Crippen LogP contribution in [0.3, 0.4) is 0 Å². The van der Waals surface area contributed by atoms with Crippen LogP contribution in [-0.4, -0.2) is 53.9 Å². The van der Waals surface area contributed by atoms with Crippen molar-refractivity contribution in [1.29, 1.82) is 0 Å². The number of anilines is 1. The molecular weight excluding hydrogens is 379 g/mol. The van der Waals surface area contributed by atoms with Gasteiger partial charge in [-0.2, -0.15) is 0 Å². The van der Waals surface area contributed by atoms with Gasteiger partial charge in [-0.3, -0.25) is 4.79 Å². The summed E-state index contributed by atoms with van der Waals surface area (Å²) in [4.78, 5) is 33.2. The number of carbonyl (C=O) groups excluding carboxylic acids is 2. The van der Waals surface area contributed by atoms with Gasteiger partial charge in [-0.1, -0.05) is 12.1 Å². The van der Waals surface area contributed by atoms with E-state index in [2.05, 4.69) is 10.3 Å². The molecule has 0 spiro atoms. The summed E-state index contributed by atoms with van der Waals surface area (Å²) in [6.07, 6.45) is 3.84. The van der Waals surface area contributed by atoms with Gasteiger partial charge < -0.3 is 15.1 Å². The molecule has 0 saturated carbocycles. The lowest BCUT2D eigenvalue weighted by molar-refractivity contribution is -0.121. The van der Waals surface area contributed by atoms with Crippen molar-refractivity contribution in [2.45, 2.75) is 26.2 Å². The fourth-order valence-electron chi connectivity index (χ4n) is 3.25. The Morgan fingerprint density at radius 1 is 1.39 bits per heavy atom. The monoisotopic (exact) mass is 404 g/mol. The second-order valence-corrected chi connectivity index (χ2v) is 8.46. The number of aromatic nitrogens is 1. The van der Waals surface area contributed by atoms with Crippen LogP contribution in [0.2, 0.25) is 0 Å². The van der Waals surface area contributed by atoms with Crippen molar-refractivity contribution in [2.24, 2.45) is 5.92 Å². The lowest BCUT2D eigenvalue weighted by atomic mass is 9.97. The molecule has 3 amide bonds. The van der Waals surface area contributed by atoms with Crippen LogP contribution in [0, 0.1) is 18.7 Å². The summed E-state index contributed by atoms with van der Waals surface area (Å²) in [5.74, 6) is -0.570. The number of aryl methyl sites for hydroxylation is 1. The molecule has 0 bridgehead atoms. The van der Waals surface area contributed by atoms with Crippen molar-refractivity contribution in [3.05, 3.63) is 46.2 Å². The number of thiazole rings is 1. The van der Waals surface area contributed by atoms with Gasteiger partial charge in [-0.15, -0.1) is 11.3 Å². The molecule has 6 nitrogen and oxygen atoms in total. The zero-order valence-electron chi connectivity index (χ0n) is 16.4. The van der Waals surface area contributed by atoms with Crippen molar-refractivity contribution >= 4 is 28.4 Å². The molecule has 1 aromatic heterocycles. The number of rotatable bonds is 4. The maximum Gasteiger partial charge on any atom is 0.319 e. The second-order valence-electron chi connectivity index (χ2n) is 7.34. The number of piperidine rings is 1. The first-order valence-corrected chi connectivity index (χ1v) is 10.1. The molecule has 28 heavy (non-hydrogen) atoms. The number of halogens is 1. The van der Waals surface area contributed by atoms with E-state index < -0.39 is 0 Å². The Morgan fingerprint density at radius 3 is 2.89 bits per heavy atom. The number of carbonyl (C=O) groups is 2. The molecule has 1 aromatic carbocycles. The van der Waals surface area contributed by atoms with Crippen LogP contribution in [0.5, 0.6) is 0 Å². The molecule has 1 aliphatic heterocycles. The van der Waals surface area contributed by atoms with Gasteiger partial charge in [-0.05, 0) is 37.0 Å². The highest BCUT2D eigenvalue weighted by molar-refractivity contribution is 7.15.